The van der Waals surface area contributed by atoms with E-state index in [1.165, 1.54) is 5.56 Å². The summed E-state index contributed by atoms with van der Waals surface area (Å²) < 4.78 is 4.85. The third-order valence-electron chi connectivity index (χ3n) is 4.95. The van der Waals surface area contributed by atoms with Crippen molar-refractivity contribution < 1.29 is 19.1 Å². The average molecular weight is 427 g/mol. The zero-order valence-electron chi connectivity index (χ0n) is 17.4. The number of nitrogens with one attached hydrogen (secondary N) is 1. The molecule has 0 bridgehead atoms. The molecule has 0 saturated carbocycles. The van der Waals surface area contributed by atoms with Crippen molar-refractivity contribution in [2.24, 2.45) is 0 Å². The van der Waals surface area contributed by atoms with E-state index in [1.807, 2.05) is 55.1 Å². The summed E-state index contributed by atoms with van der Waals surface area (Å²) in [5.41, 5.74) is 4.77. The highest BCUT2D eigenvalue weighted by atomic mass is 32.2. The Bertz CT molecular complexity index is 960. The summed E-state index contributed by atoms with van der Waals surface area (Å²) in [5, 5.41) is 2.67. The molecular formula is C23H26N2O4S. The molecule has 2 amide bonds. The Labute approximate surface area is 181 Å². The van der Waals surface area contributed by atoms with Gasteiger partial charge in [-0.3, -0.25) is 19.3 Å². The van der Waals surface area contributed by atoms with Gasteiger partial charge in [0.05, 0.1) is 18.8 Å². The highest BCUT2D eigenvalue weighted by Crippen LogP contribution is 2.42. The van der Waals surface area contributed by atoms with Gasteiger partial charge >= 0.3 is 5.97 Å². The molecule has 1 aliphatic rings. The summed E-state index contributed by atoms with van der Waals surface area (Å²) in [4.78, 5) is 38.0. The Balaban J connectivity index is 1.74. The monoisotopic (exact) mass is 426 g/mol. The predicted molar refractivity (Wildman–Crippen MR) is 120 cm³/mol. The van der Waals surface area contributed by atoms with Gasteiger partial charge in [-0.05, 0) is 61.7 Å². The fourth-order valence-electron chi connectivity index (χ4n) is 3.27. The smallest absolute Gasteiger partial charge is 0.306 e. The molecule has 1 aliphatic heterocycles. The number of anilines is 2. The van der Waals surface area contributed by atoms with Gasteiger partial charge in [0, 0.05) is 17.8 Å². The maximum atomic E-state index is 12.6. The first-order chi connectivity index (χ1) is 14.4. The standard InChI is InChI=1S/C23H26N2O4S/c1-4-29-22(28)11-10-20(26)24-18-7-5-6-17(13-18)23-25(21(27)14-30-23)19-9-8-15(2)16(3)12-19/h5-9,12-13,23H,4,10-11,14H2,1-3H3,(H,24,26)/t23-/m0/s1. The van der Waals surface area contributed by atoms with Crippen molar-refractivity contribution in [1.29, 1.82) is 0 Å². The number of esters is 1. The van der Waals surface area contributed by atoms with Gasteiger partial charge < -0.3 is 10.1 Å². The minimum Gasteiger partial charge on any atom is -0.466 e. The van der Waals surface area contributed by atoms with Crippen molar-refractivity contribution in [3.05, 3.63) is 59.2 Å². The van der Waals surface area contributed by atoms with Gasteiger partial charge in [-0.15, -0.1) is 11.8 Å². The van der Waals surface area contributed by atoms with Crippen LogP contribution in [0.1, 0.15) is 41.8 Å². The van der Waals surface area contributed by atoms with Crippen LogP contribution in [0.25, 0.3) is 0 Å². The van der Waals surface area contributed by atoms with Crippen LogP contribution in [0.15, 0.2) is 42.5 Å². The van der Waals surface area contributed by atoms with Crippen molar-refractivity contribution in [3.63, 3.8) is 0 Å². The lowest BCUT2D eigenvalue weighted by Gasteiger charge is -2.25. The summed E-state index contributed by atoms with van der Waals surface area (Å²) in [7, 11) is 0. The first kappa shape index (κ1) is 21.9. The van der Waals surface area contributed by atoms with Crippen LogP contribution in [0.5, 0.6) is 0 Å². The van der Waals surface area contributed by atoms with Gasteiger partial charge in [0.2, 0.25) is 11.8 Å². The maximum absolute atomic E-state index is 12.6. The molecule has 0 radical (unpaired) electrons. The van der Waals surface area contributed by atoms with E-state index in [0.29, 0.717) is 18.0 Å². The summed E-state index contributed by atoms with van der Waals surface area (Å²) in [5.74, 6) is -0.155. The van der Waals surface area contributed by atoms with Crippen LogP contribution in [-0.2, 0) is 19.1 Å². The van der Waals surface area contributed by atoms with Gasteiger partial charge in [0.25, 0.3) is 0 Å². The molecule has 6 nitrogen and oxygen atoms in total. The van der Waals surface area contributed by atoms with Crippen LogP contribution >= 0.6 is 11.8 Å². The van der Waals surface area contributed by atoms with E-state index in [4.69, 9.17) is 4.74 Å². The number of rotatable bonds is 7. The highest BCUT2D eigenvalue weighted by molar-refractivity contribution is 8.00. The van der Waals surface area contributed by atoms with E-state index < -0.39 is 0 Å². The topological polar surface area (TPSA) is 75.7 Å². The molecule has 1 heterocycles. The van der Waals surface area contributed by atoms with E-state index in [0.717, 1.165) is 16.8 Å². The molecule has 1 N–H and O–H groups in total. The lowest BCUT2D eigenvalue weighted by atomic mass is 10.1. The Kier molecular flexibility index (Phi) is 7.15. The second-order valence-corrected chi connectivity index (χ2v) is 8.24. The molecule has 0 unspecified atom stereocenters. The molecule has 30 heavy (non-hydrogen) atoms. The quantitative estimate of drug-likeness (QED) is 0.666. The number of thioether (sulfide) groups is 1. The second-order valence-electron chi connectivity index (χ2n) is 7.17. The number of nitrogens with zero attached hydrogens (tertiary/aromatic N) is 1. The highest BCUT2D eigenvalue weighted by Gasteiger charge is 2.34. The second kappa shape index (κ2) is 9.80. The van der Waals surface area contributed by atoms with Crippen LogP contribution in [0, 0.1) is 13.8 Å². The van der Waals surface area contributed by atoms with Gasteiger partial charge in [-0.2, -0.15) is 0 Å². The maximum Gasteiger partial charge on any atom is 0.306 e. The number of hydrogen-bond donors (Lipinski definition) is 1. The Morgan fingerprint density at radius 1 is 1.13 bits per heavy atom. The molecule has 7 heteroatoms. The van der Waals surface area contributed by atoms with Crippen LogP contribution in [0.4, 0.5) is 11.4 Å². The normalized spacial score (nSPS) is 15.9. The number of ether oxygens (including phenoxy) is 1. The molecule has 1 atom stereocenters. The number of carbonyl (C=O) groups excluding carboxylic acids is 3. The molecule has 0 spiro atoms. The van der Waals surface area contributed by atoms with Gasteiger partial charge in [-0.1, -0.05) is 18.2 Å². The number of amides is 2. The molecule has 158 valence electrons. The lowest BCUT2D eigenvalue weighted by molar-refractivity contribution is -0.144. The average Bonchev–Trinajstić information content (AvgIpc) is 3.10. The fourth-order valence-corrected chi connectivity index (χ4v) is 4.43. The largest absolute Gasteiger partial charge is 0.466 e. The van der Waals surface area contributed by atoms with E-state index in [2.05, 4.69) is 5.32 Å². The van der Waals surface area contributed by atoms with Crippen LogP contribution in [0.2, 0.25) is 0 Å². The molecule has 2 aromatic carbocycles. The van der Waals surface area contributed by atoms with E-state index in [-0.39, 0.29) is 36.0 Å². The molecule has 1 saturated heterocycles. The van der Waals surface area contributed by atoms with Crippen molar-refractivity contribution in [2.45, 2.75) is 39.0 Å². The van der Waals surface area contributed by atoms with Crippen molar-refractivity contribution >= 4 is 40.9 Å². The van der Waals surface area contributed by atoms with Crippen LogP contribution in [-0.4, -0.2) is 30.1 Å². The van der Waals surface area contributed by atoms with Crippen molar-refractivity contribution in [3.8, 4) is 0 Å². The minimum absolute atomic E-state index is 0.0485. The number of carbonyl (C=O) groups is 3. The molecule has 0 aromatic heterocycles. The third-order valence-corrected chi connectivity index (χ3v) is 6.17. The van der Waals surface area contributed by atoms with Gasteiger partial charge in [-0.25, -0.2) is 0 Å². The van der Waals surface area contributed by atoms with E-state index in [1.54, 1.807) is 24.8 Å². The Morgan fingerprint density at radius 2 is 1.93 bits per heavy atom. The summed E-state index contributed by atoms with van der Waals surface area (Å²) in [6.07, 6.45) is 0.112. The first-order valence-corrected chi connectivity index (χ1v) is 11.0. The van der Waals surface area contributed by atoms with E-state index in [9.17, 15) is 14.4 Å². The minimum atomic E-state index is -0.383. The lowest BCUT2D eigenvalue weighted by Crippen LogP contribution is -2.28. The van der Waals surface area contributed by atoms with E-state index >= 15 is 0 Å². The predicted octanol–water partition coefficient (Wildman–Crippen LogP) is 4.36. The Hall–Kier alpha value is -2.80. The molecule has 1 fully saturated rings. The molecule has 0 aliphatic carbocycles. The molecular weight excluding hydrogens is 400 g/mol. The van der Waals surface area contributed by atoms with Crippen molar-refractivity contribution in [2.75, 3.05) is 22.6 Å². The third kappa shape index (κ3) is 5.21. The van der Waals surface area contributed by atoms with Gasteiger partial charge in [0.1, 0.15) is 5.37 Å². The van der Waals surface area contributed by atoms with Crippen LogP contribution < -0.4 is 10.2 Å². The summed E-state index contributed by atoms with van der Waals surface area (Å²) in [6.45, 7) is 6.12. The summed E-state index contributed by atoms with van der Waals surface area (Å²) >= 11 is 1.57. The zero-order valence-corrected chi connectivity index (χ0v) is 18.3. The first-order valence-electron chi connectivity index (χ1n) is 9.95. The van der Waals surface area contributed by atoms with Crippen LogP contribution in [0.3, 0.4) is 0 Å². The van der Waals surface area contributed by atoms with Gasteiger partial charge in [0.15, 0.2) is 0 Å². The number of aryl methyl sites for hydroxylation is 2. The SMILES string of the molecule is CCOC(=O)CCC(=O)Nc1cccc([C@@H]2SCC(=O)N2c2ccc(C)c(C)c2)c1. The zero-order chi connectivity index (χ0) is 21.7. The number of hydrogen-bond acceptors (Lipinski definition) is 5. The van der Waals surface area contributed by atoms with Crippen molar-refractivity contribution in [1.82, 2.24) is 0 Å². The Morgan fingerprint density at radius 3 is 2.67 bits per heavy atom. The number of benzene rings is 2. The molecule has 3 rings (SSSR count). The molecule has 2 aromatic rings. The fraction of sp³-hybridized carbons (Fsp3) is 0.348. The summed E-state index contributed by atoms with van der Waals surface area (Å²) in [6, 6.07) is 13.5.